The van der Waals surface area contributed by atoms with Crippen LogP contribution in [-0.2, 0) is 22.4 Å². The third kappa shape index (κ3) is 2.99. The van der Waals surface area contributed by atoms with Gasteiger partial charge in [-0.2, -0.15) is 0 Å². The molecule has 5 nitrogen and oxygen atoms in total. The number of thiophene rings is 1. The van der Waals surface area contributed by atoms with Crippen LogP contribution in [0.3, 0.4) is 0 Å². The number of aryl methyl sites for hydroxylation is 1. The molecular weight excluding hydrogens is 324 g/mol. The van der Waals surface area contributed by atoms with Gasteiger partial charge in [-0.05, 0) is 43.6 Å². The topological polar surface area (TPSA) is 61.2 Å². The van der Waals surface area contributed by atoms with Gasteiger partial charge in [0, 0.05) is 4.88 Å². The van der Waals surface area contributed by atoms with Gasteiger partial charge in [-0.3, -0.25) is 9.36 Å². The SMILES string of the molecule is CCCOC(=O)[C@H](CC)n1cnc2sc3c(c2c1=O)CC[C@H](C)C3. The first-order valence-corrected chi connectivity index (χ1v) is 9.56. The molecule has 2 aromatic heterocycles. The molecule has 1 aliphatic carbocycles. The standard InChI is InChI=1S/C18H24N2O3S/c1-4-8-23-18(22)13(5-2)20-10-19-16-15(17(20)21)12-7-6-11(3)9-14(12)24-16/h10-11,13H,4-9H2,1-3H3/t11-,13-/m0/s1. The van der Waals surface area contributed by atoms with E-state index in [1.54, 1.807) is 11.3 Å². The van der Waals surface area contributed by atoms with Crippen molar-refractivity contribution in [2.45, 2.75) is 58.9 Å². The molecule has 130 valence electrons. The van der Waals surface area contributed by atoms with Gasteiger partial charge >= 0.3 is 5.97 Å². The summed E-state index contributed by atoms with van der Waals surface area (Å²) in [6, 6.07) is -0.598. The Hall–Kier alpha value is -1.69. The molecule has 1 aliphatic rings. The Labute approximate surface area is 145 Å². The molecule has 2 atom stereocenters. The monoisotopic (exact) mass is 348 g/mol. The minimum Gasteiger partial charge on any atom is -0.464 e. The maximum atomic E-state index is 13.0. The van der Waals surface area contributed by atoms with Crippen molar-refractivity contribution in [1.82, 2.24) is 9.55 Å². The van der Waals surface area contributed by atoms with Crippen LogP contribution in [-0.4, -0.2) is 22.1 Å². The zero-order valence-electron chi connectivity index (χ0n) is 14.5. The third-order valence-electron chi connectivity index (χ3n) is 4.68. The van der Waals surface area contributed by atoms with Gasteiger partial charge in [-0.1, -0.05) is 20.8 Å². The molecule has 0 aliphatic heterocycles. The van der Waals surface area contributed by atoms with E-state index in [-0.39, 0.29) is 11.5 Å². The van der Waals surface area contributed by atoms with Gasteiger partial charge in [-0.15, -0.1) is 11.3 Å². The van der Waals surface area contributed by atoms with Crippen LogP contribution in [0.1, 0.15) is 56.5 Å². The van der Waals surface area contributed by atoms with E-state index in [0.29, 0.717) is 24.3 Å². The lowest BCUT2D eigenvalue weighted by Crippen LogP contribution is -2.31. The molecule has 0 unspecified atom stereocenters. The van der Waals surface area contributed by atoms with Crippen molar-refractivity contribution in [2.24, 2.45) is 5.92 Å². The normalized spacial score (nSPS) is 18.4. The molecule has 0 spiro atoms. The van der Waals surface area contributed by atoms with Gasteiger partial charge in [0.2, 0.25) is 0 Å². The van der Waals surface area contributed by atoms with Crippen molar-refractivity contribution < 1.29 is 9.53 Å². The summed E-state index contributed by atoms with van der Waals surface area (Å²) in [5.41, 5.74) is 1.05. The number of nitrogens with zero attached hydrogens (tertiary/aromatic N) is 2. The van der Waals surface area contributed by atoms with E-state index >= 15 is 0 Å². The lowest BCUT2D eigenvalue weighted by Gasteiger charge is -2.18. The summed E-state index contributed by atoms with van der Waals surface area (Å²) in [6.45, 7) is 6.47. The number of hydrogen-bond acceptors (Lipinski definition) is 5. The maximum Gasteiger partial charge on any atom is 0.329 e. The average molecular weight is 348 g/mol. The van der Waals surface area contributed by atoms with E-state index in [4.69, 9.17) is 4.74 Å². The predicted octanol–water partition coefficient (Wildman–Crippen LogP) is 3.49. The average Bonchev–Trinajstić information content (AvgIpc) is 2.93. The van der Waals surface area contributed by atoms with Crippen molar-refractivity contribution in [3.8, 4) is 0 Å². The van der Waals surface area contributed by atoms with E-state index in [1.807, 2.05) is 13.8 Å². The second kappa shape index (κ2) is 7.05. The van der Waals surface area contributed by atoms with E-state index in [9.17, 15) is 9.59 Å². The van der Waals surface area contributed by atoms with E-state index < -0.39 is 6.04 Å². The number of esters is 1. The summed E-state index contributed by atoms with van der Waals surface area (Å²) in [7, 11) is 0. The van der Waals surface area contributed by atoms with Crippen molar-refractivity contribution in [2.75, 3.05) is 6.61 Å². The summed E-state index contributed by atoms with van der Waals surface area (Å²) in [5.74, 6) is 0.306. The highest BCUT2D eigenvalue weighted by Crippen LogP contribution is 2.35. The molecular formula is C18H24N2O3S. The van der Waals surface area contributed by atoms with Crippen LogP contribution in [0.15, 0.2) is 11.1 Å². The van der Waals surface area contributed by atoms with E-state index in [1.165, 1.54) is 15.8 Å². The highest BCUT2D eigenvalue weighted by atomic mass is 32.1. The van der Waals surface area contributed by atoms with Crippen LogP contribution in [0.2, 0.25) is 0 Å². The minimum atomic E-state index is -0.598. The fourth-order valence-corrected chi connectivity index (χ4v) is 4.68. The molecule has 0 radical (unpaired) electrons. The van der Waals surface area contributed by atoms with Crippen molar-refractivity contribution >= 4 is 27.5 Å². The minimum absolute atomic E-state index is 0.104. The Morgan fingerprint density at radius 1 is 1.50 bits per heavy atom. The fourth-order valence-electron chi connectivity index (χ4n) is 3.34. The zero-order valence-corrected chi connectivity index (χ0v) is 15.3. The van der Waals surface area contributed by atoms with Crippen LogP contribution >= 0.6 is 11.3 Å². The molecule has 2 heterocycles. The number of hydrogen-bond donors (Lipinski definition) is 0. The number of aromatic nitrogens is 2. The van der Waals surface area contributed by atoms with Gasteiger partial charge in [0.25, 0.3) is 5.56 Å². The van der Waals surface area contributed by atoms with Crippen LogP contribution in [0.25, 0.3) is 10.2 Å². The highest BCUT2D eigenvalue weighted by molar-refractivity contribution is 7.18. The first-order chi connectivity index (χ1) is 11.6. The summed E-state index contributed by atoms with van der Waals surface area (Å²) in [4.78, 5) is 31.9. The summed E-state index contributed by atoms with van der Waals surface area (Å²) in [5, 5.41) is 0.714. The second-order valence-electron chi connectivity index (χ2n) is 6.58. The molecule has 0 fully saturated rings. The first kappa shape index (κ1) is 17.1. The molecule has 3 rings (SSSR count). The Morgan fingerprint density at radius 2 is 2.29 bits per heavy atom. The molecule has 0 saturated carbocycles. The molecule has 0 N–H and O–H groups in total. The zero-order chi connectivity index (χ0) is 17.3. The van der Waals surface area contributed by atoms with E-state index in [2.05, 4.69) is 11.9 Å². The molecule has 24 heavy (non-hydrogen) atoms. The molecule has 0 amide bonds. The Morgan fingerprint density at radius 3 is 3.00 bits per heavy atom. The van der Waals surface area contributed by atoms with Crippen LogP contribution < -0.4 is 5.56 Å². The van der Waals surface area contributed by atoms with Crippen LogP contribution in [0.4, 0.5) is 0 Å². The number of rotatable bonds is 5. The largest absolute Gasteiger partial charge is 0.464 e. The Kier molecular flexibility index (Phi) is 5.04. The van der Waals surface area contributed by atoms with Gasteiger partial charge in [0.15, 0.2) is 0 Å². The van der Waals surface area contributed by atoms with E-state index in [0.717, 1.165) is 36.1 Å². The predicted molar refractivity (Wildman–Crippen MR) is 95.6 cm³/mol. The second-order valence-corrected chi connectivity index (χ2v) is 7.66. The van der Waals surface area contributed by atoms with Crippen molar-refractivity contribution in [3.63, 3.8) is 0 Å². The molecule has 6 heteroatoms. The fraction of sp³-hybridized carbons (Fsp3) is 0.611. The number of fused-ring (bicyclic) bond motifs is 3. The molecule has 0 bridgehead atoms. The number of ether oxygens (including phenoxy) is 1. The van der Waals surface area contributed by atoms with Crippen molar-refractivity contribution in [3.05, 3.63) is 27.1 Å². The summed E-state index contributed by atoms with van der Waals surface area (Å²) in [6.07, 6.45) is 5.84. The maximum absolute atomic E-state index is 13.0. The van der Waals surface area contributed by atoms with Crippen molar-refractivity contribution in [1.29, 1.82) is 0 Å². The lowest BCUT2D eigenvalue weighted by atomic mass is 9.89. The molecule has 2 aromatic rings. The molecule has 0 saturated heterocycles. The summed E-state index contributed by atoms with van der Waals surface area (Å²) < 4.78 is 6.71. The number of carbonyl (C=O) groups is 1. The quantitative estimate of drug-likeness (QED) is 0.776. The third-order valence-corrected chi connectivity index (χ3v) is 5.85. The number of carbonyl (C=O) groups excluding carboxylic acids is 1. The smallest absolute Gasteiger partial charge is 0.329 e. The highest BCUT2D eigenvalue weighted by Gasteiger charge is 2.26. The van der Waals surface area contributed by atoms with Gasteiger partial charge in [0.05, 0.1) is 18.3 Å². The Bertz CT molecular complexity index is 808. The van der Waals surface area contributed by atoms with Gasteiger partial charge < -0.3 is 4.74 Å². The van der Waals surface area contributed by atoms with Crippen LogP contribution in [0, 0.1) is 5.92 Å². The van der Waals surface area contributed by atoms with Crippen LogP contribution in [0.5, 0.6) is 0 Å². The summed E-state index contributed by atoms with van der Waals surface area (Å²) >= 11 is 1.63. The first-order valence-electron chi connectivity index (χ1n) is 8.74. The van der Waals surface area contributed by atoms with Gasteiger partial charge in [-0.25, -0.2) is 9.78 Å². The Balaban J connectivity index is 2.05. The molecule has 0 aromatic carbocycles. The lowest BCUT2D eigenvalue weighted by molar-refractivity contribution is -0.147. The van der Waals surface area contributed by atoms with Gasteiger partial charge in [0.1, 0.15) is 10.9 Å².